The molecule has 1 N–H and O–H groups in total. The van der Waals surface area contributed by atoms with Crippen LogP contribution in [-0.2, 0) is 11.4 Å². The lowest BCUT2D eigenvalue weighted by Crippen LogP contribution is -2.24. The Morgan fingerprint density at radius 3 is 2.65 bits per heavy atom. The minimum atomic E-state index is -0.388. The molecule has 0 aliphatic carbocycles. The highest BCUT2D eigenvalue weighted by Gasteiger charge is 2.07. The third kappa shape index (κ3) is 6.76. The van der Waals surface area contributed by atoms with Crippen molar-refractivity contribution in [2.24, 2.45) is 5.10 Å². The first-order chi connectivity index (χ1) is 15.0. The smallest absolute Gasteiger partial charge is 0.277 e. The molecule has 0 bridgehead atoms. The largest absolute Gasteiger partial charge is 0.493 e. The minimum absolute atomic E-state index is 0.174. The van der Waals surface area contributed by atoms with E-state index in [1.807, 2.05) is 43.3 Å². The summed E-state index contributed by atoms with van der Waals surface area (Å²) in [6.45, 7) is 2.32. The molecule has 0 atom stereocenters. The Kier molecular flexibility index (Phi) is 7.90. The predicted octanol–water partition coefficient (Wildman–Crippen LogP) is 4.77. The van der Waals surface area contributed by atoms with Gasteiger partial charge >= 0.3 is 0 Å². The number of rotatable bonds is 9. The minimum Gasteiger partial charge on any atom is -0.493 e. The zero-order valence-corrected chi connectivity index (χ0v) is 18.1. The van der Waals surface area contributed by atoms with Gasteiger partial charge in [0.25, 0.3) is 5.91 Å². The van der Waals surface area contributed by atoms with E-state index in [1.54, 1.807) is 37.4 Å². The molecule has 31 heavy (non-hydrogen) atoms. The fourth-order valence-electron chi connectivity index (χ4n) is 2.73. The quantitative estimate of drug-likeness (QED) is 0.386. The second-order valence-corrected chi connectivity index (χ2v) is 7.10. The molecular weight excluding hydrogens is 416 g/mol. The van der Waals surface area contributed by atoms with Crippen LogP contribution in [0.3, 0.4) is 0 Å². The van der Waals surface area contributed by atoms with E-state index in [9.17, 15) is 4.79 Å². The number of ether oxygens (including phenoxy) is 3. The van der Waals surface area contributed by atoms with E-state index in [4.69, 9.17) is 25.8 Å². The molecule has 160 valence electrons. The molecule has 3 rings (SSSR count). The first-order valence-corrected chi connectivity index (χ1v) is 9.98. The maximum atomic E-state index is 11.9. The first kappa shape index (κ1) is 22.2. The summed E-state index contributed by atoms with van der Waals surface area (Å²) in [6.07, 6.45) is 1.52. The van der Waals surface area contributed by atoms with Crippen molar-refractivity contribution in [1.29, 1.82) is 0 Å². The summed E-state index contributed by atoms with van der Waals surface area (Å²) in [6, 6.07) is 20.3. The average molecular weight is 439 g/mol. The van der Waals surface area contributed by atoms with Crippen LogP contribution in [0.15, 0.2) is 71.8 Å². The van der Waals surface area contributed by atoms with Gasteiger partial charge in [0.1, 0.15) is 12.4 Å². The molecule has 0 aliphatic rings. The molecule has 0 unspecified atom stereocenters. The number of carbonyl (C=O) groups excluding carboxylic acids is 1. The Morgan fingerprint density at radius 1 is 1.03 bits per heavy atom. The molecule has 1 amide bonds. The Hall–Kier alpha value is -3.51. The second kappa shape index (κ2) is 11.0. The van der Waals surface area contributed by atoms with Crippen molar-refractivity contribution in [1.82, 2.24) is 5.43 Å². The molecule has 7 heteroatoms. The van der Waals surface area contributed by atoms with Gasteiger partial charge in [0.2, 0.25) is 0 Å². The van der Waals surface area contributed by atoms with Gasteiger partial charge in [-0.15, -0.1) is 0 Å². The Balaban J connectivity index is 1.53. The molecule has 3 aromatic rings. The van der Waals surface area contributed by atoms with E-state index in [1.165, 1.54) is 11.8 Å². The predicted molar refractivity (Wildman–Crippen MR) is 121 cm³/mol. The van der Waals surface area contributed by atoms with E-state index in [0.717, 1.165) is 11.1 Å². The first-order valence-electron chi connectivity index (χ1n) is 9.61. The van der Waals surface area contributed by atoms with E-state index < -0.39 is 0 Å². The van der Waals surface area contributed by atoms with Crippen molar-refractivity contribution in [3.63, 3.8) is 0 Å². The summed E-state index contributed by atoms with van der Waals surface area (Å²) < 4.78 is 16.7. The number of methoxy groups -OCH3 is 1. The summed E-state index contributed by atoms with van der Waals surface area (Å²) in [4.78, 5) is 11.9. The van der Waals surface area contributed by atoms with Gasteiger partial charge in [-0.25, -0.2) is 5.43 Å². The van der Waals surface area contributed by atoms with E-state index >= 15 is 0 Å². The molecular formula is C24H23ClN2O4. The summed E-state index contributed by atoms with van der Waals surface area (Å²) in [5, 5.41) is 4.49. The molecule has 0 saturated carbocycles. The molecule has 0 saturated heterocycles. The van der Waals surface area contributed by atoms with Crippen molar-refractivity contribution in [2.75, 3.05) is 13.7 Å². The molecule has 0 aliphatic heterocycles. The molecule has 0 spiro atoms. The molecule has 0 fully saturated rings. The van der Waals surface area contributed by atoms with Crippen molar-refractivity contribution in [3.05, 3.63) is 88.4 Å². The molecule has 6 nitrogen and oxygen atoms in total. The maximum absolute atomic E-state index is 11.9. The number of nitrogens with zero attached hydrogens (tertiary/aromatic N) is 1. The Bertz CT molecular complexity index is 1070. The standard InChI is InChI=1S/C24H23ClN2O4/c1-17-6-3-4-7-19(17)15-31-22-11-10-18(12-23(22)29-2)14-26-27-24(28)16-30-21-9-5-8-20(25)13-21/h3-14H,15-16H2,1-2H3,(H,27,28)/b26-14+. The van der Waals surface area contributed by atoms with Crippen LogP contribution >= 0.6 is 11.6 Å². The van der Waals surface area contributed by atoms with Gasteiger partial charge in [-0.1, -0.05) is 41.9 Å². The van der Waals surface area contributed by atoms with Crippen LogP contribution in [0.25, 0.3) is 0 Å². The highest BCUT2D eigenvalue weighted by Crippen LogP contribution is 2.28. The maximum Gasteiger partial charge on any atom is 0.277 e. The van der Waals surface area contributed by atoms with Gasteiger partial charge < -0.3 is 14.2 Å². The topological polar surface area (TPSA) is 69.2 Å². The summed E-state index contributed by atoms with van der Waals surface area (Å²) in [5.74, 6) is 1.33. The van der Waals surface area contributed by atoms with E-state index in [2.05, 4.69) is 10.5 Å². The number of hydrogen-bond donors (Lipinski definition) is 1. The lowest BCUT2D eigenvalue weighted by molar-refractivity contribution is -0.123. The van der Waals surface area contributed by atoms with Crippen molar-refractivity contribution >= 4 is 23.7 Å². The third-order valence-electron chi connectivity index (χ3n) is 4.40. The van der Waals surface area contributed by atoms with Crippen LogP contribution < -0.4 is 19.6 Å². The summed E-state index contributed by atoms with van der Waals surface area (Å²) in [5.41, 5.74) is 5.44. The molecule has 0 aromatic heterocycles. The highest BCUT2D eigenvalue weighted by molar-refractivity contribution is 6.30. The SMILES string of the molecule is COc1cc(/C=N/NC(=O)COc2cccc(Cl)c2)ccc1OCc1ccccc1C. The van der Waals surface area contributed by atoms with Gasteiger partial charge in [-0.3, -0.25) is 4.79 Å². The number of hydrogen-bond acceptors (Lipinski definition) is 5. The summed E-state index contributed by atoms with van der Waals surface area (Å²) in [7, 11) is 1.58. The van der Waals surface area contributed by atoms with Crippen LogP contribution in [0, 0.1) is 6.92 Å². The zero-order chi connectivity index (χ0) is 22.1. The molecule has 0 radical (unpaired) electrons. The van der Waals surface area contributed by atoms with Crippen molar-refractivity contribution < 1.29 is 19.0 Å². The second-order valence-electron chi connectivity index (χ2n) is 6.66. The van der Waals surface area contributed by atoms with Gasteiger partial charge in [0.05, 0.1) is 13.3 Å². The highest BCUT2D eigenvalue weighted by atomic mass is 35.5. The van der Waals surface area contributed by atoms with Crippen LogP contribution in [0.1, 0.15) is 16.7 Å². The lowest BCUT2D eigenvalue weighted by Gasteiger charge is -2.12. The fourth-order valence-corrected chi connectivity index (χ4v) is 2.91. The summed E-state index contributed by atoms with van der Waals surface area (Å²) >= 11 is 5.88. The van der Waals surface area contributed by atoms with Gasteiger partial charge in [0, 0.05) is 5.02 Å². The third-order valence-corrected chi connectivity index (χ3v) is 4.64. The number of nitrogens with one attached hydrogen (secondary N) is 1. The van der Waals surface area contributed by atoms with E-state index in [0.29, 0.717) is 28.9 Å². The number of aryl methyl sites for hydroxylation is 1. The van der Waals surface area contributed by atoms with E-state index in [-0.39, 0.29) is 12.5 Å². The van der Waals surface area contributed by atoms with Crippen LogP contribution in [0.4, 0.5) is 0 Å². The zero-order valence-electron chi connectivity index (χ0n) is 17.3. The average Bonchev–Trinajstić information content (AvgIpc) is 2.77. The number of benzene rings is 3. The van der Waals surface area contributed by atoms with Crippen LogP contribution in [-0.4, -0.2) is 25.8 Å². The number of hydrazone groups is 1. The normalized spacial score (nSPS) is 10.7. The van der Waals surface area contributed by atoms with Gasteiger partial charge in [-0.2, -0.15) is 5.10 Å². The van der Waals surface area contributed by atoms with Crippen molar-refractivity contribution in [2.45, 2.75) is 13.5 Å². The van der Waals surface area contributed by atoms with Gasteiger partial charge in [0.15, 0.2) is 18.1 Å². The Morgan fingerprint density at radius 2 is 1.87 bits per heavy atom. The number of carbonyl (C=O) groups is 1. The van der Waals surface area contributed by atoms with Gasteiger partial charge in [-0.05, 0) is 60.0 Å². The Labute approximate surface area is 186 Å². The van der Waals surface area contributed by atoms with Crippen LogP contribution in [0.2, 0.25) is 5.02 Å². The monoisotopic (exact) mass is 438 g/mol. The number of halogens is 1. The van der Waals surface area contributed by atoms with Crippen molar-refractivity contribution in [3.8, 4) is 17.2 Å². The van der Waals surface area contributed by atoms with Crippen LogP contribution in [0.5, 0.6) is 17.2 Å². The number of amides is 1. The molecule has 0 heterocycles. The fraction of sp³-hybridized carbons (Fsp3) is 0.167. The molecule has 3 aromatic carbocycles. The lowest BCUT2D eigenvalue weighted by atomic mass is 10.1.